The summed E-state index contributed by atoms with van der Waals surface area (Å²) in [5.41, 5.74) is 0.806. The van der Waals surface area contributed by atoms with Crippen molar-refractivity contribution in [3.05, 3.63) is 24.3 Å². The largest absolute Gasteiger partial charge is 0.497 e. The number of fused-ring (bicyclic) bond motifs is 1. The van der Waals surface area contributed by atoms with Crippen LogP contribution in [0.25, 0.3) is 0 Å². The molecule has 1 amide bonds. The quantitative estimate of drug-likeness (QED) is 0.419. The highest BCUT2D eigenvalue weighted by atomic mass is 32.1. The minimum atomic E-state index is -1.01. The number of benzene rings is 1. The van der Waals surface area contributed by atoms with E-state index in [0.717, 1.165) is 31.1 Å². The topological polar surface area (TPSA) is 107 Å². The summed E-state index contributed by atoms with van der Waals surface area (Å²) in [6, 6.07) is 6.48. The zero-order valence-electron chi connectivity index (χ0n) is 17.6. The van der Waals surface area contributed by atoms with E-state index in [0.29, 0.717) is 24.9 Å². The number of nitrogens with zero attached hydrogens (tertiary/aromatic N) is 2. The van der Waals surface area contributed by atoms with Gasteiger partial charge in [-0.05, 0) is 42.9 Å². The molecule has 0 radical (unpaired) electrons. The van der Waals surface area contributed by atoms with Crippen molar-refractivity contribution in [3.63, 3.8) is 0 Å². The lowest BCUT2D eigenvalue weighted by Gasteiger charge is -2.41. The van der Waals surface area contributed by atoms with Crippen LogP contribution >= 0.6 is 12.2 Å². The monoisotopic (exact) mass is 450 g/mol. The third-order valence-electron chi connectivity index (χ3n) is 6.36. The van der Waals surface area contributed by atoms with Gasteiger partial charge in [-0.25, -0.2) is 0 Å². The first-order valence-corrected chi connectivity index (χ1v) is 11.1. The Bertz CT molecular complexity index is 788. The molecule has 4 N–H and O–H groups in total. The Balaban J connectivity index is 1.49. The molecule has 2 heterocycles. The predicted molar refractivity (Wildman–Crippen MR) is 119 cm³/mol. The molecule has 5 atom stereocenters. The van der Waals surface area contributed by atoms with E-state index >= 15 is 0 Å². The zero-order chi connectivity index (χ0) is 22.0. The number of hydrogen-bond donors (Lipinski definition) is 4. The average Bonchev–Trinajstić information content (AvgIpc) is 3.14. The molecule has 1 saturated carbocycles. The fourth-order valence-corrected chi connectivity index (χ4v) is 5.04. The lowest BCUT2D eigenvalue weighted by molar-refractivity contribution is -0.131. The molecule has 3 aliphatic rings. The second-order valence-electron chi connectivity index (χ2n) is 8.18. The van der Waals surface area contributed by atoms with Gasteiger partial charge >= 0.3 is 0 Å². The summed E-state index contributed by atoms with van der Waals surface area (Å²) in [5.74, 6) is 0.0530. The molecule has 0 spiro atoms. The van der Waals surface area contributed by atoms with E-state index in [1.165, 1.54) is 0 Å². The maximum Gasteiger partial charge on any atom is 0.225 e. The molecule has 1 aromatic carbocycles. The number of aliphatic hydroxyl groups is 2. The van der Waals surface area contributed by atoms with Crippen LogP contribution in [0.15, 0.2) is 24.3 Å². The lowest BCUT2D eigenvalue weighted by Crippen LogP contribution is -2.61. The molecule has 4 rings (SSSR count). The average molecular weight is 451 g/mol. The Labute approximate surface area is 187 Å². The van der Waals surface area contributed by atoms with Gasteiger partial charge in [0.05, 0.1) is 44.4 Å². The molecule has 1 aromatic rings. The first-order chi connectivity index (χ1) is 15.0. The second-order valence-corrected chi connectivity index (χ2v) is 8.57. The summed E-state index contributed by atoms with van der Waals surface area (Å²) in [6.45, 7) is 4.41. The van der Waals surface area contributed by atoms with Crippen molar-refractivity contribution < 1.29 is 24.5 Å². The van der Waals surface area contributed by atoms with Crippen LogP contribution in [0.4, 0.5) is 5.69 Å². The fraction of sp³-hybridized carbons (Fsp3) is 0.619. The van der Waals surface area contributed by atoms with Crippen LogP contribution in [0.5, 0.6) is 5.75 Å². The zero-order valence-corrected chi connectivity index (χ0v) is 18.4. The first kappa shape index (κ1) is 22.2. The molecule has 2 aliphatic heterocycles. The Kier molecular flexibility index (Phi) is 6.92. The standard InChI is InChI=1S/C21H30N4O5S/c1-29-14-4-2-13(3-5-14)25-18-15(12-16(26)19(27)17(18)23-21(25)31)20(28)22-6-7-24-8-10-30-11-9-24/h2-5,15-19,26-27H,6-12H2,1H3,(H,22,28)(H,23,31). The molecule has 2 saturated heterocycles. The van der Waals surface area contributed by atoms with E-state index in [2.05, 4.69) is 15.5 Å². The van der Waals surface area contributed by atoms with Gasteiger partial charge in [-0.1, -0.05) is 0 Å². The van der Waals surface area contributed by atoms with Crippen molar-refractivity contribution in [2.75, 3.05) is 51.4 Å². The molecule has 1 aliphatic carbocycles. The normalized spacial score (nSPS) is 31.1. The number of methoxy groups -OCH3 is 1. The van der Waals surface area contributed by atoms with Gasteiger partial charge in [-0.3, -0.25) is 9.69 Å². The van der Waals surface area contributed by atoms with Crippen LogP contribution in [0.1, 0.15) is 6.42 Å². The van der Waals surface area contributed by atoms with Gasteiger partial charge in [0.25, 0.3) is 0 Å². The van der Waals surface area contributed by atoms with Crippen molar-refractivity contribution in [1.29, 1.82) is 0 Å². The van der Waals surface area contributed by atoms with Crippen molar-refractivity contribution in [2.24, 2.45) is 5.92 Å². The summed E-state index contributed by atoms with van der Waals surface area (Å²) in [6.07, 6.45) is -1.84. The van der Waals surface area contributed by atoms with Crippen molar-refractivity contribution in [2.45, 2.75) is 30.7 Å². The summed E-state index contributed by atoms with van der Waals surface area (Å²) >= 11 is 5.54. The third kappa shape index (κ3) is 4.63. The number of amides is 1. The van der Waals surface area contributed by atoms with Gasteiger partial charge < -0.3 is 35.2 Å². The second kappa shape index (κ2) is 9.66. The van der Waals surface area contributed by atoms with E-state index in [1.54, 1.807) is 7.11 Å². The number of carbonyl (C=O) groups excluding carboxylic acids is 1. The lowest BCUT2D eigenvalue weighted by atomic mass is 9.77. The minimum absolute atomic E-state index is 0.140. The highest BCUT2D eigenvalue weighted by Gasteiger charge is 2.53. The molecular weight excluding hydrogens is 420 g/mol. The van der Waals surface area contributed by atoms with Crippen molar-refractivity contribution >= 4 is 28.9 Å². The number of hydrogen-bond acceptors (Lipinski definition) is 7. The SMILES string of the molecule is COc1ccc(N2C(=S)NC3C(O)C(O)CC(C(=O)NCCN4CCOCC4)C32)cc1. The van der Waals surface area contributed by atoms with Crippen molar-refractivity contribution in [1.82, 2.24) is 15.5 Å². The number of nitrogens with one attached hydrogen (secondary N) is 2. The predicted octanol–water partition coefficient (Wildman–Crippen LogP) is -0.683. The van der Waals surface area contributed by atoms with Gasteiger partial charge in [0.2, 0.25) is 5.91 Å². The van der Waals surface area contributed by atoms with Gasteiger partial charge in [0.1, 0.15) is 11.9 Å². The maximum absolute atomic E-state index is 13.2. The van der Waals surface area contributed by atoms with Crippen LogP contribution in [0, 0.1) is 5.92 Å². The van der Waals surface area contributed by atoms with Gasteiger partial charge in [-0.15, -0.1) is 0 Å². The summed E-state index contributed by atoms with van der Waals surface area (Å²) in [5, 5.41) is 27.6. The van der Waals surface area contributed by atoms with Crippen LogP contribution in [-0.4, -0.2) is 96.9 Å². The van der Waals surface area contributed by atoms with Crippen molar-refractivity contribution in [3.8, 4) is 5.75 Å². The van der Waals surface area contributed by atoms with E-state index in [-0.39, 0.29) is 12.3 Å². The van der Waals surface area contributed by atoms with Crippen LogP contribution in [0.2, 0.25) is 0 Å². The van der Waals surface area contributed by atoms with Crippen LogP contribution in [0.3, 0.4) is 0 Å². The molecule has 0 aromatic heterocycles. The van der Waals surface area contributed by atoms with Gasteiger partial charge in [0, 0.05) is 31.9 Å². The Morgan fingerprint density at radius 1 is 1.29 bits per heavy atom. The number of thiocarbonyl (C=S) groups is 1. The smallest absolute Gasteiger partial charge is 0.225 e. The van der Waals surface area contributed by atoms with Gasteiger partial charge in [-0.2, -0.15) is 0 Å². The number of carbonyl (C=O) groups is 1. The van der Waals surface area contributed by atoms with Gasteiger partial charge in [0.15, 0.2) is 5.11 Å². The molecule has 31 heavy (non-hydrogen) atoms. The Hall–Kier alpha value is -1.98. The summed E-state index contributed by atoms with van der Waals surface area (Å²) < 4.78 is 10.6. The fourth-order valence-electron chi connectivity index (χ4n) is 4.68. The van der Waals surface area contributed by atoms with E-state index in [4.69, 9.17) is 21.7 Å². The summed E-state index contributed by atoms with van der Waals surface area (Å²) in [4.78, 5) is 17.3. The van der Waals surface area contributed by atoms with E-state index in [1.807, 2.05) is 29.2 Å². The minimum Gasteiger partial charge on any atom is -0.497 e. The summed E-state index contributed by atoms with van der Waals surface area (Å²) in [7, 11) is 1.60. The highest BCUT2D eigenvalue weighted by Crippen LogP contribution is 2.37. The Morgan fingerprint density at radius 2 is 2.00 bits per heavy atom. The third-order valence-corrected chi connectivity index (χ3v) is 6.68. The number of aliphatic hydroxyl groups excluding tert-OH is 2. The molecular formula is C21H30N4O5S. The number of rotatable bonds is 6. The molecule has 3 fully saturated rings. The molecule has 10 heteroatoms. The maximum atomic E-state index is 13.2. The number of morpholine rings is 1. The molecule has 0 bridgehead atoms. The first-order valence-electron chi connectivity index (χ1n) is 10.7. The van der Waals surface area contributed by atoms with Crippen LogP contribution < -0.4 is 20.3 Å². The van der Waals surface area contributed by atoms with E-state index in [9.17, 15) is 15.0 Å². The molecule has 5 unspecified atom stereocenters. The molecule has 170 valence electrons. The Morgan fingerprint density at radius 3 is 2.68 bits per heavy atom. The van der Waals surface area contributed by atoms with Crippen LogP contribution in [-0.2, 0) is 9.53 Å². The van der Waals surface area contributed by atoms with E-state index < -0.39 is 30.2 Å². The molecule has 9 nitrogen and oxygen atoms in total. The number of ether oxygens (including phenoxy) is 2. The number of anilines is 1. The highest BCUT2D eigenvalue weighted by molar-refractivity contribution is 7.80.